The lowest BCUT2D eigenvalue weighted by molar-refractivity contribution is 0.304. The van der Waals surface area contributed by atoms with Crippen LogP contribution in [0.1, 0.15) is 30.4 Å². The van der Waals surface area contributed by atoms with E-state index in [1.54, 1.807) is 6.07 Å². The Hall–Kier alpha value is -1.14. The topological polar surface area (TPSA) is 33.0 Å². The van der Waals surface area contributed by atoms with Crippen molar-refractivity contribution in [2.75, 3.05) is 12.4 Å². The Bertz CT molecular complexity index is 371. The van der Waals surface area contributed by atoms with Crippen molar-refractivity contribution in [3.8, 4) is 11.8 Å². The minimum absolute atomic E-state index is 0.649. The predicted molar refractivity (Wildman–Crippen MR) is 69.1 cm³/mol. The zero-order valence-corrected chi connectivity index (χ0v) is 10.5. The highest BCUT2D eigenvalue weighted by Crippen LogP contribution is 2.19. The number of hydrogen-bond acceptors (Lipinski definition) is 3. The highest BCUT2D eigenvalue weighted by Gasteiger charge is 2.01. The second-order valence-electron chi connectivity index (χ2n) is 3.72. The smallest absolute Gasteiger partial charge is 0.123 e. The number of hydrogen-bond donors (Lipinski definition) is 1. The molecule has 1 aromatic carbocycles. The van der Waals surface area contributed by atoms with Gasteiger partial charge in [-0.05, 0) is 49.6 Å². The highest BCUT2D eigenvalue weighted by atomic mass is 32.1. The Balaban J connectivity index is 2.44. The van der Waals surface area contributed by atoms with Crippen LogP contribution in [0.3, 0.4) is 0 Å². The molecule has 0 aromatic heterocycles. The van der Waals surface area contributed by atoms with Gasteiger partial charge in [0.25, 0.3) is 0 Å². The molecule has 0 aliphatic heterocycles. The summed E-state index contributed by atoms with van der Waals surface area (Å²) in [4.78, 5) is 0. The molecule has 1 rings (SSSR count). The van der Waals surface area contributed by atoms with Crippen LogP contribution in [0.15, 0.2) is 18.2 Å². The van der Waals surface area contributed by atoms with Gasteiger partial charge < -0.3 is 4.74 Å². The molecule has 0 radical (unpaired) electrons. The maximum absolute atomic E-state index is 8.78. The number of unbranched alkanes of at least 4 members (excludes halogenated alkanes) is 2. The molecule has 0 spiro atoms. The van der Waals surface area contributed by atoms with Crippen LogP contribution in [0.2, 0.25) is 0 Å². The van der Waals surface area contributed by atoms with E-state index in [0.717, 1.165) is 36.3 Å². The number of nitriles is 1. The first-order chi connectivity index (χ1) is 7.77. The van der Waals surface area contributed by atoms with Crippen molar-refractivity contribution in [2.45, 2.75) is 26.2 Å². The van der Waals surface area contributed by atoms with E-state index in [9.17, 15) is 0 Å². The molecule has 0 aliphatic carbocycles. The van der Waals surface area contributed by atoms with Crippen LogP contribution in [0, 0.1) is 18.3 Å². The Kier molecular flexibility index (Phi) is 5.81. The van der Waals surface area contributed by atoms with Crippen LogP contribution in [-0.4, -0.2) is 12.4 Å². The zero-order valence-electron chi connectivity index (χ0n) is 9.57. The van der Waals surface area contributed by atoms with Crippen molar-refractivity contribution in [2.24, 2.45) is 0 Å². The Morgan fingerprint density at radius 3 is 2.81 bits per heavy atom. The lowest BCUT2D eigenvalue weighted by Gasteiger charge is -2.08. The zero-order chi connectivity index (χ0) is 11.8. The molecule has 0 bridgehead atoms. The Labute approximate surface area is 103 Å². The fourth-order valence-corrected chi connectivity index (χ4v) is 1.62. The molecule has 0 unspecified atom stereocenters. The third-order valence-corrected chi connectivity index (χ3v) is 2.69. The van der Waals surface area contributed by atoms with Gasteiger partial charge in [0, 0.05) is 0 Å². The van der Waals surface area contributed by atoms with Gasteiger partial charge in [0.15, 0.2) is 0 Å². The van der Waals surface area contributed by atoms with Crippen LogP contribution in [-0.2, 0) is 0 Å². The van der Waals surface area contributed by atoms with E-state index in [1.165, 1.54) is 0 Å². The first-order valence-electron chi connectivity index (χ1n) is 5.52. The molecule has 0 N–H and O–H groups in total. The van der Waals surface area contributed by atoms with Crippen LogP contribution >= 0.6 is 12.6 Å². The van der Waals surface area contributed by atoms with Gasteiger partial charge in [-0.25, -0.2) is 0 Å². The lowest BCUT2D eigenvalue weighted by atomic mass is 10.1. The summed E-state index contributed by atoms with van der Waals surface area (Å²) in [6.45, 7) is 2.70. The lowest BCUT2D eigenvalue weighted by Crippen LogP contribution is -1.99. The van der Waals surface area contributed by atoms with Gasteiger partial charge in [0.1, 0.15) is 5.75 Å². The number of thiol groups is 1. The Morgan fingerprint density at radius 2 is 2.12 bits per heavy atom. The molecule has 0 saturated heterocycles. The average Bonchev–Trinajstić information content (AvgIpc) is 2.31. The van der Waals surface area contributed by atoms with Crippen molar-refractivity contribution in [1.82, 2.24) is 0 Å². The van der Waals surface area contributed by atoms with E-state index in [4.69, 9.17) is 10.00 Å². The van der Waals surface area contributed by atoms with Gasteiger partial charge in [0.2, 0.25) is 0 Å². The van der Waals surface area contributed by atoms with Gasteiger partial charge in [0.05, 0.1) is 18.2 Å². The molecular weight excluding hydrogens is 218 g/mol. The minimum atomic E-state index is 0.649. The number of benzene rings is 1. The van der Waals surface area contributed by atoms with E-state index in [-0.39, 0.29) is 0 Å². The van der Waals surface area contributed by atoms with Gasteiger partial charge in [-0.15, -0.1) is 0 Å². The summed E-state index contributed by atoms with van der Waals surface area (Å²) in [7, 11) is 0. The summed E-state index contributed by atoms with van der Waals surface area (Å²) in [5.74, 6) is 1.76. The number of ether oxygens (including phenoxy) is 1. The molecule has 3 heteroatoms. The molecule has 0 atom stereocenters. The molecule has 0 heterocycles. The minimum Gasteiger partial charge on any atom is -0.493 e. The molecule has 1 aromatic rings. The summed E-state index contributed by atoms with van der Waals surface area (Å²) in [6, 6.07) is 7.64. The molecule has 86 valence electrons. The summed E-state index contributed by atoms with van der Waals surface area (Å²) < 4.78 is 5.65. The normalized spacial score (nSPS) is 9.81. The fraction of sp³-hybridized carbons (Fsp3) is 0.462. The van der Waals surface area contributed by atoms with Crippen LogP contribution < -0.4 is 4.74 Å². The second-order valence-corrected chi connectivity index (χ2v) is 4.17. The largest absolute Gasteiger partial charge is 0.493 e. The Morgan fingerprint density at radius 1 is 1.31 bits per heavy atom. The SMILES string of the molecule is Cc1ccc(C#N)cc1OCCCCCS. The summed E-state index contributed by atoms with van der Waals surface area (Å²) in [6.07, 6.45) is 3.31. The first-order valence-corrected chi connectivity index (χ1v) is 6.15. The number of rotatable bonds is 6. The maximum Gasteiger partial charge on any atom is 0.123 e. The third-order valence-electron chi connectivity index (χ3n) is 2.38. The van der Waals surface area contributed by atoms with Crippen molar-refractivity contribution in [1.29, 1.82) is 5.26 Å². The number of aryl methyl sites for hydroxylation is 1. The van der Waals surface area contributed by atoms with Crippen molar-refractivity contribution in [3.05, 3.63) is 29.3 Å². The van der Waals surface area contributed by atoms with Gasteiger partial charge in [-0.1, -0.05) is 6.07 Å². The van der Waals surface area contributed by atoms with E-state index in [2.05, 4.69) is 18.7 Å². The molecule has 0 fully saturated rings. The maximum atomic E-state index is 8.78. The molecule has 0 saturated carbocycles. The molecule has 2 nitrogen and oxygen atoms in total. The molecular formula is C13H17NOS. The van der Waals surface area contributed by atoms with Crippen molar-refractivity contribution >= 4 is 12.6 Å². The van der Waals surface area contributed by atoms with E-state index >= 15 is 0 Å². The average molecular weight is 235 g/mol. The number of nitrogens with zero attached hydrogens (tertiary/aromatic N) is 1. The predicted octanol–water partition coefficient (Wildman–Crippen LogP) is 3.35. The van der Waals surface area contributed by atoms with Gasteiger partial charge >= 0.3 is 0 Å². The van der Waals surface area contributed by atoms with Crippen LogP contribution in [0.4, 0.5) is 0 Å². The quantitative estimate of drug-likeness (QED) is 0.606. The fourth-order valence-electron chi connectivity index (χ4n) is 1.40. The summed E-state index contributed by atoms with van der Waals surface area (Å²) in [5.41, 5.74) is 1.73. The van der Waals surface area contributed by atoms with E-state index in [1.807, 2.05) is 19.1 Å². The third kappa shape index (κ3) is 4.16. The standard InChI is InChI=1S/C13H17NOS/c1-11-5-6-12(10-14)9-13(11)15-7-3-2-4-8-16/h5-6,9,16H,2-4,7-8H2,1H3. The molecule has 16 heavy (non-hydrogen) atoms. The van der Waals surface area contributed by atoms with E-state index in [0.29, 0.717) is 12.2 Å². The van der Waals surface area contributed by atoms with Gasteiger partial charge in [-0.3, -0.25) is 0 Å². The van der Waals surface area contributed by atoms with Crippen LogP contribution in [0.5, 0.6) is 5.75 Å². The van der Waals surface area contributed by atoms with Crippen molar-refractivity contribution < 1.29 is 4.74 Å². The van der Waals surface area contributed by atoms with Gasteiger partial charge in [-0.2, -0.15) is 17.9 Å². The highest BCUT2D eigenvalue weighted by molar-refractivity contribution is 7.80. The summed E-state index contributed by atoms with van der Waals surface area (Å²) in [5, 5.41) is 8.78. The molecule has 0 amide bonds. The first kappa shape index (κ1) is 12.9. The van der Waals surface area contributed by atoms with Crippen molar-refractivity contribution in [3.63, 3.8) is 0 Å². The van der Waals surface area contributed by atoms with Crippen LogP contribution in [0.25, 0.3) is 0 Å². The second kappa shape index (κ2) is 7.19. The monoisotopic (exact) mass is 235 g/mol. The molecule has 0 aliphatic rings. The summed E-state index contributed by atoms with van der Waals surface area (Å²) >= 11 is 4.16. The van der Waals surface area contributed by atoms with E-state index < -0.39 is 0 Å².